The van der Waals surface area contributed by atoms with Crippen molar-refractivity contribution in [1.82, 2.24) is 4.90 Å². The number of amides is 2. The third kappa shape index (κ3) is 3.32. The van der Waals surface area contributed by atoms with Gasteiger partial charge in [-0.25, -0.2) is 0 Å². The molecule has 1 unspecified atom stereocenters. The van der Waals surface area contributed by atoms with E-state index in [9.17, 15) is 9.59 Å². The predicted molar refractivity (Wildman–Crippen MR) is 88.9 cm³/mol. The van der Waals surface area contributed by atoms with Crippen molar-refractivity contribution in [2.45, 2.75) is 47.1 Å². The van der Waals surface area contributed by atoms with Crippen molar-refractivity contribution >= 4 is 17.5 Å². The Hall–Kier alpha value is -1.84. The van der Waals surface area contributed by atoms with Crippen molar-refractivity contribution in [3.8, 4) is 0 Å². The minimum absolute atomic E-state index is 0.00612. The summed E-state index contributed by atoms with van der Waals surface area (Å²) in [5.41, 5.74) is 3.32. The molecule has 1 aromatic rings. The van der Waals surface area contributed by atoms with Crippen LogP contribution in [-0.2, 0) is 9.59 Å². The lowest BCUT2D eigenvalue weighted by atomic mass is 10.1. The molecule has 120 valence electrons. The summed E-state index contributed by atoms with van der Waals surface area (Å²) in [4.78, 5) is 28.4. The van der Waals surface area contributed by atoms with Crippen LogP contribution in [0.15, 0.2) is 18.2 Å². The van der Waals surface area contributed by atoms with Crippen LogP contribution >= 0.6 is 0 Å². The van der Waals surface area contributed by atoms with Gasteiger partial charge >= 0.3 is 0 Å². The third-order valence-corrected chi connectivity index (χ3v) is 4.36. The molecule has 1 fully saturated rings. The summed E-state index contributed by atoms with van der Waals surface area (Å²) in [5.74, 6) is 0.398. The van der Waals surface area contributed by atoms with Gasteiger partial charge in [0.05, 0.1) is 0 Å². The van der Waals surface area contributed by atoms with E-state index in [0.29, 0.717) is 25.4 Å². The molecule has 1 atom stereocenters. The topological polar surface area (TPSA) is 40.6 Å². The first-order valence-corrected chi connectivity index (χ1v) is 7.99. The highest BCUT2D eigenvalue weighted by Crippen LogP contribution is 2.23. The molecule has 0 saturated carbocycles. The van der Waals surface area contributed by atoms with Crippen LogP contribution in [-0.4, -0.2) is 35.8 Å². The summed E-state index contributed by atoms with van der Waals surface area (Å²) in [6, 6.07) is 5.69. The number of piperazine rings is 1. The molecule has 1 heterocycles. The van der Waals surface area contributed by atoms with Crippen LogP contribution in [0.4, 0.5) is 5.69 Å². The van der Waals surface area contributed by atoms with Crippen molar-refractivity contribution < 1.29 is 9.59 Å². The highest BCUT2D eigenvalue weighted by Gasteiger charge is 2.34. The van der Waals surface area contributed by atoms with Crippen molar-refractivity contribution in [3.63, 3.8) is 0 Å². The van der Waals surface area contributed by atoms with E-state index >= 15 is 0 Å². The summed E-state index contributed by atoms with van der Waals surface area (Å²) < 4.78 is 0. The quantitative estimate of drug-likeness (QED) is 0.861. The SMILES string of the molecule is Cc1ccc(N2CCN(C(=O)CC(C)C)C(C)C2=O)cc1C. The van der Waals surface area contributed by atoms with Crippen molar-refractivity contribution in [2.75, 3.05) is 18.0 Å². The van der Waals surface area contributed by atoms with E-state index in [0.717, 1.165) is 5.69 Å². The summed E-state index contributed by atoms with van der Waals surface area (Å²) in [6.07, 6.45) is 0.501. The standard InChI is InChI=1S/C18H26N2O2/c1-12(2)10-17(21)19-8-9-20(18(22)15(19)5)16-7-6-13(3)14(4)11-16/h6-7,11-12,15H,8-10H2,1-5H3. The van der Waals surface area contributed by atoms with Crippen molar-refractivity contribution in [1.29, 1.82) is 0 Å². The van der Waals surface area contributed by atoms with E-state index in [-0.39, 0.29) is 17.9 Å². The van der Waals surface area contributed by atoms with E-state index in [1.807, 2.05) is 39.0 Å². The Balaban J connectivity index is 2.15. The fraction of sp³-hybridized carbons (Fsp3) is 0.556. The normalized spacial score (nSPS) is 19.0. The second-order valence-electron chi connectivity index (χ2n) is 6.62. The monoisotopic (exact) mass is 302 g/mol. The van der Waals surface area contributed by atoms with E-state index in [4.69, 9.17) is 0 Å². The Morgan fingerprint density at radius 1 is 1.23 bits per heavy atom. The van der Waals surface area contributed by atoms with Gasteiger partial charge in [-0.05, 0) is 49.9 Å². The van der Waals surface area contributed by atoms with E-state index in [1.54, 1.807) is 9.80 Å². The fourth-order valence-electron chi connectivity index (χ4n) is 2.83. The van der Waals surface area contributed by atoms with Crippen LogP contribution in [0.1, 0.15) is 38.3 Å². The lowest BCUT2D eigenvalue weighted by molar-refractivity contribution is -0.141. The molecule has 0 N–H and O–H groups in total. The van der Waals surface area contributed by atoms with E-state index in [1.165, 1.54) is 11.1 Å². The number of rotatable bonds is 3. The smallest absolute Gasteiger partial charge is 0.249 e. The molecule has 2 amide bonds. The molecule has 1 saturated heterocycles. The number of anilines is 1. The largest absolute Gasteiger partial charge is 0.329 e. The van der Waals surface area contributed by atoms with E-state index in [2.05, 4.69) is 13.8 Å². The molecule has 22 heavy (non-hydrogen) atoms. The van der Waals surface area contributed by atoms with Gasteiger partial charge in [0.1, 0.15) is 6.04 Å². The molecular formula is C18H26N2O2. The van der Waals surface area contributed by atoms with Gasteiger partial charge in [0, 0.05) is 25.2 Å². The molecule has 4 nitrogen and oxygen atoms in total. The lowest BCUT2D eigenvalue weighted by Gasteiger charge is -2.39. The molecule has 0 aliphatic carbocycles. The zero-order chi connectivity index (χ0) is 16.4. The first-order valence-electron chi connectivity index (χ1n) is 7.99. The van der Waals surface area contributed by atoms with Gasteiger partial charge in [0.2, 0.25) is 11.8 Å². The number of carbonyl (C=O) groups is 2. The number of hydrogen-bond acceptors (Lipinski definition) is 2. The summed E-state index contributed by atoms with van der Waals surface area (Å²) in [5, 5.41) is 0. The van der Waals surface area contributed by atoms with Crippen LogP contribution < -0.4 is 4.90 Å². The molecule has 0 bridgehead atoms. The molecule has 0 radical (unpaired) electrons. The van der Waals surface area contributed by atoms with Gasteiger partial charge in [-0.2, -0.15) is 0 Å². The zero-order valence-corrected chi connectivity index (χ0v) is 14.2. The maximum absolute atomic E-state index is 12.7. The Morgan fingerprint density at radius 2 is 1.91 bits per heavy atom. The highest BCUT2D eigenvalue weighted by atomic mass is 16.2. The van der Waals surface area contributed by atoms with Gasteiger partial charge in [-0.1, -0.05) is 19.9 Å². The van der Waals surface area contributed by atoms with Crippen LogP contribution in [0.5, 0.6) is 0 Å². The first kappa shape index (κ1) is 16.5. The minimum atomic E-state index is -0.387. The minimum Gasteiger partial charge on any atom is -0.329 e. The summed E-state index contributed by atoms with van der Waals surface area (Å²) in [6.45, 7) is 11.2. The zero-order valence-electron chi connectivity index (χ0n) is 14.2. The number of hydrogen-bond donors (Lipinski definition) is 0. The molecule has 1 aliphatic rings. The molecular weight excluding hydrogens is 276 g/mol. The Bertz CT molecular complexity index is 580. The second-order valence-corrected chi connectivity index (χ2v) is 6.62. The number of nitrogens with zero attached hydrogens (tertiary/aromatic N) is 2. The van der Waals surface area contributed by atoms with Crippen molar-refractivity contribution in [2.24, 2.45) is 5.92 Å². The van der Waals surface area contributed by atoms with Gasteiger partial charge < -0.3 is 9.80 Å². The molecule has 4 heteroatoms. The summed E-state index contributed by atoms with van der Waals surface area (Å²) >= 11 is 0. The maximum atomic E-state index is 12.7. The van der Waals surface area contributed by atoms with Crippen LogP contribution in [0.3, 0.4) is 0 Å². The molecule has 0 aromatic heterocycles. The molecule has 2 rings (SSSR count). The number of benzene rings is 1. The van der Waals surface area contributed by atoms with Gasteiger partial charge in [0.25, 0.3) is 0 Å². The predicted octanol–water partition coefficient (Wildman–Crippen LogP) is 2.91. The maximum Gasteiger partial charge on any atom is 0.249 e. The van der Waals surface area contributed by atoms with Crippen molar-refractivity contribution in [3.05, 3.63) is 29.3 Å². The second kappa shape index (κ2) is 6.51. The Morgan fingerprint density at radius 3 is 2.50 bits per heavy atom. The summed E-state index contributed by atoms with van der Waals surface area (Å²) in [7, 11) is 0. The third-order valence-electron chi connectivity index (χ3n) is 4.36. The lowest BCUT2D eigenvalue weighted by Crippen LogP contribution is -2.57. The van der Waals surface area contributed by atoms with Gasteiger partial charge in [-0.15, -0.1) is 0 Å². The molecule has 1 aromatic carbocycles. The first-order chi connectivity index (χ1) is 10.3. The number of carbonyl (C=O) groups excluding carboxylic acids is 2. The van der Waals surface area contributed by atoms with Crippen LogP contribution in [0, 0.1) is 19.8 Å². The average molecular weight is 302 g/mol. The Kier molecular flexibility index (Phi) is 4.89. The van der Waals surface area contributed by atoms with E-state index < -0.39 is 0 Å². The fourth-order valence-corrected chi connectivity index (χ4v) is 2.83. The molecule has 0 spiro atoms. The van der Waals surface area contributed by atoms with Crippen LogP contribution in [0.2, 0.25) is 0 Å². The number of aryl methyl sites for hydroxylation is 2. The van der Waals surface area contributed by atoms with Gasteiger partial charge in [0.15, 0.2) is 0 Å². The highest BCUT2D eigenvalue weighted by molar-refractivity contribution is 6.00. The van der Waals surface area contributed by atoms with Crippen LogP contribution in [0.25, 0.3) is 0 Å². The Labute approximate surface area is 133 Å². The average Bonchev–Trinajstić information content (AvgIpc) is 2.44. The molecule has 1 aliphatic heterocycles. The van der Waals surface area contributed by atoms with Gasteiger partial charge in [-0.3, -0.25) is 9.59 Å².